The van der Waals surface area contributed by atoms with Crippen molar-refractivity contribution in [3.05, 3.63) is 47.2 Å². The molecule has 0 bridgehead atoms. The molecule has 38 heavy (non-hydrogen) atoms. The van der Waals surface area contributed by atoms with Gasteiger partial charge in [-0.2, -0.15) is 5.11 Å². The van der Waals surface area contributed by atoms with Crippen LogP contribution in [0.2, 0.25) is 0 Å². The van der Waals surface area contributed by atoms with Gasteiger partial charge in [0.15, 0.2) is 11.3 Å². The minimum Gasteiger partial charge on any atom is -0.295 e. The quantitative estimate of drug-likeness (QED) is 0.143. The van der Waals surface area contributed by atoms with Crippen molar-refractivity contribution < 1.29 is 16.8 Å². The van der Waals surface area contributed by atoms with Crippen molar-refractivity contribution in [2.24, 2.45) is 15.4 Å². The predicted molar refractivity (Wildman–Crippen MR) is 146 cm³/mol. The van der Waals surface area contributed by atoms with E-state index < -0.39 is 20.0 Å². The zero-order valence-corrected chi connectivity index (χ0v) is 23.4. The van der Waals surface area contributed by atoms with E-state index in [1.165, 1.54) is 18.6 Å². The molecule has 1 atom stereocenters. The first-order valence-electron chi connectivity index (χ1n) is 12.5. The Labute approximate surface area is 223 Å². The Balaban J connectivity index is 1.69. The Hall–Kier alpha value is -3.12. The molecule has 2 heterocycles. The van der Waals surface area contributed by atoms with Gasteiger partial charge >= 0.3 is 0 Å². The van der Waals surface area contributed by atoms with E-state index in [2.05, 4.69) is 36.8 Å². The van der Waals surface area contributed by atoms with E-state index in [1.807, 2.05) is 6.92 Å². The maximum absolute atomic E-state index is 12.4. The molecule has 3 aromatic rings. The number of azo groups is 1. The Morgan fingerprint density at radius 2 is 1.87 bits per heavy atom. The number of aromatic amines is 1. The van der Waals surface area contributed by atoms with E-state index in [9.17, 15) is 16.8 Å². The number of primary sulfonamides is 1. The molecule has 0 spiro atoms. The number of hydrogen-bond acceptors (Lipinski definition) is 7. The fourth-order valence-electron chi connectivity index (χ4n) is 3.87. The van der Waals surface area contributed by atoms with Crippen LogP contribution in [0.25, 0.3) is 10.5 Å². The number of aryl methyl sites for hydroxylation is 1. The smallest absolute Gasteiger partial charge is 0.236 e. The summed E-state index contributed by atoms with van der Waals surface area (Å²) in [5.41, 5.74) is 2.48. The van der Waals surface area contributed by atoms with E-state index in [0.717, 1.165) is 31.7 Å². The predicted octanol–water partition coefficient (Wildman–Crippen LogP) is 4.97. The van der Waals surface area contributed by atoms with Gasteiger partial charge in [0.1, 0.15) is 0 Å². The molecule has 0 saturated carbocycles. The molecule has 206 valence electrons. The summed E-state index contributed by atoms with van der Waals surface area (Å²) >= 11 is 0. The van der Waals surface area contributed by atoms with Crippen LogP contribution in [0.1, 0.15) is 69.7 Å². The van der Waals surface area contributed by atoms with Gasteiger partial charge in [0.2, 0.25) is 25.7 Å². The van der Waals surface area contributed by atoms with Crippen LogP contribution >= 0.6 is 0 Å². The van der Waals surface area contributed by atoms with Crippen LogP contribution in [-0.4, -0.2) is 43.7 Å². The van der Waals surface area contributed by atoms with Gasteiger partial charge in [-0.15, -0.1) is 5.11 Å². The summed E-state index contributed by atoms with van der Waals surface area (Å²) in [6.07, 6.45) is 7.87. The van der Waals surface area contributed by atoms with Gasteiger partial charge in [-0.1, -0.05) is 46.0 Å². The average Bonchev–Trinajstić information content (AvgIpc) is 3.40. The van der Waals surface area contributed by atoms with E-state index >= 15 is 0 Å². The fraction of sp³-hybridized carbons (Fsp3) is 0.500. The number of nitrogens with zero attached hydrogens (tertiary/aromatic N) is 5. The minimum absolute atomic E-state index is 0.00428. The second-order valence-corrected chi connectivity index (χ2v) is 12.8. The molecule has 0 aliphatic rings. The number of H-pyrrole nitrogens is 1. The molecule has 12 nitrogen and oxygen atoms in total. The molecule has 0 saturated heterocycles. The van der Waals surface area contributed by atoms with E-state index in [-0.39, 0.29) is 34.5 Å². The normalized spacial score (nSPS) is 13.3. The van der Waals surface area contributed by atoms with Crippen molar-refractivity contribution >= 4 is 42.8 Å². The fourth-order valence-corrected chi connectivity index (χ4v) is 5.63. The molecule has 0 amide bonds. The lowest BCUT2D eigenvalue weighted by atomic mass is 10.1. The monoisotopic (exact) mass is 562 g/mol. The summed E-state index contributed by atoms with van der Waals surface area (Å²) in [6.45, 7) is 13.4. The number of imidazole rings is 1. The van der Waals surface area contributed by atoms with Crippen LogP contribution < -0.4 is 9.86 Å². The Morgan fingerprint density at radius 1 is 1.16 bits per heavy atom. The van der Waals surface area contributed by atoms with Gasteiger partial charge in [0.25, 0.3) is 0 Å². The molecule has 0 fully saturated rings. The third-order valence-corrected chi connectivity index (χ3v) is 8.46. The molecule has 0 radical (unpaired) electrons. The van der Waals surface area contributed by atoms with Gasteiger partial charge in [-0.25, -0.2) is 41.0 Å². The lowest BCUT2D eigenvalue weighted by Gasteiger charge is -2.11. The second kappa shape index (κ2) is 12.6. The topological polar surface area (TPSA) is 168 Å². The molecule has 0 aliphatic carbocycles. The van der Waals surface area contributed by atoms with Crippen molar-refractivity contribution in [1.82, 2.24) is 19.3 Å². The van der Waals surface area contributed by atoms with Crippen molar-refractivity contribution in [2.75, 3.05) is 12.3 Å². The summed E-state index contributed by atoms with van der Waals surface area (Å²) in [5, 5.41) is 16.7. The zero-order valence-electron chi connectivity index (χ0n) is 21.8. The van der Waals surface area contributed by atoms with E-state index in [4.69, 9.17) is 11.7 Å². The van der Waals surface area contributed by atoms with Crippen molar-refractivity contribution in [3.8, 4) is 0 Å². The Morgan fingerprint density at radius 3 is 2.55 bits per heavy atom. The number of aromatic nitrogens is 3. The summed E-state index contributed by atoms with van der Waals surface area (Å²) in [4.78, 5) is 7.77. The highest BCUT2D eigenvalue weighted by molar-refractivity contribution is 7.89. The molecule has 14 heteroatoms. The van der Waals surface area contributed by atoms with Crippen LogP contribution in [-0.2, 0) is 20.0 Å². The molecule has 4 N–H and O–H groups in total. The van der Waals surface area contributed by atoms with Crippen LogP contribution in [0, 0.1) is 13.5 Å². The summed E-state index contributed by atoms with van der Waals surface area (Å²) in [5.74, 6) is -0.0724. The lowest BCUT2D eigenvalue weighted by Crippen LogP contribution is -2.30. The standard InChI is InChI=1S/C24H34N8O4S2/c1-5-6-7-8-9-10-13-37(33,34)27-15-17(2)22-16-32-24(28-22)23(18(3)31-32)30-29-20-12-11-19(38(25,35)36)14-21(20)26-4/h11-12,14,16-17,27,31H,5-10,13,15H2,1-3H3,(H2,25,35,36). The summed E-state index contributed by atoms with van der Waals surface area (Å²) in [7, 11) is -7.31. The third kappa shape index (κ3) is 7.70. The number of fused-ring (bicyclic) bond motifs is 1. The molecule has 3 rings (SSSR count). The number of hydrogen-bond donors (Lipinski definition) is 3. The highest BCUT2D eigenvalue weighted by Crippen LogP contribution is 2.33. The zero-order chi connectivity index (χ0) is 27.9. The first kappa shape index (κ1) is 29.4. The highest BCUT2D eigenvalue weighted by Gasteiger charge is 2.19. The molecule has 2 aromatic heterocycles. The van der Waals surface area contributed by atoms with Crippen LogP contribution in [0.3, 0.4) is 0 Å². The molecule has 1 aromatic carbocycles. The highest BCUT2D eigenvalue weighted by atomic mass is 32.2. The summed E-state index contributed by atoms with van der Waals surface area (Å²) in [6, 6.07) is 3.78. The van der Waals surface area contributed by atoms with Gasteiger partial charge < -0.3 is 0 Å². The van der Waals surface area contributed by atoms with Gasteiger partial charge in [-0.05, 0) is 31.5 Å². The maximum atomic E-state index is 12.4. The van der Waals surface area contributed by atoms with Crippen LogP contribution in [0.5, 0.6) is 0 Å². The maximum Gasteiger partial charge on any atom is 0.236 e. The Bertz CT molecular complexity index is 1550. The Kier molecular flexibility index (Phi) is 9.77. The number of rotatable bonds is 14. The number of unbranched alkanes of at least 4 members (excludes halogenated alkanes) is 5. The van der Waals surface area contributed by atoms with E-state index in [1.54, 1.807) is 17.6 Å². The lowest BCUT2D eigenvalue weighted by molar-refractivity contribution is 0.564. The summed E-state index contributed by atoms with van der Waals surface area (Å²) < 4.78 is 52.3. The molecule has 1 unspecified atom stereocenters. The van der Waals surface area contributed by atoms with E-state index in [0.29, 0.717) is 29.1 Å². The first-order valence-corrected chi connectivity index (χ1v) is 15.7. The van der Waals surface area contributed by atoms with Crippen molar-refractivity contribution in [2.45, 2.75) is 70.1 Å². The molecular formula is C24H34N8O4S2. The number of nitrogens with one attached hydrogen (secondary N) is 2. The van der Waals surface area contributed by atoms with Crippen LogP contribution in [0.4, 0.5) is 17.1 Å². The third-order valence-electron chi connectivity index (χ3n) is 6.11. The van der Waals surface area contributed by atoms with Crippen molar-refractivity contribution in [3.63, 3.8) is 0 Å². The number of benzene rings is 1. The number of nitrogens with two attached hydrogens (primary N) is 1. The largest absolute Gasteiger partial charge is 0.295 e. The van der Waals surface area contributed by atoms with Gasteiger partial charge in [0, 0.05) is 12.5 Å². The van der Waals surface area contributed by atoms with Crippen molar-refractivity contribution in [1.29, 1.82) is 0 Å². The first-order chi connectivity index (χ1) is 17.9. The molecule has 0 aliphatic heterocycles. The average molecular weight is 563 g/mol. The number of sulfonamides is 2. The molecular weight excluding hydrogens is 528 g/mol. The SMILES string of the molecule is [C-]#[N+]c1cc(S(N)(=O)=O)ccc1N=Nc1c(C)[nH]n2cc(C(C)CNS(=O)(=O)CCCCCCCC)nc12. The van der Waals surface area contributed by atoms with Gasteiger partial charge in [-0.3, -0.25) is 5.10 Å². The minimum atomic E-state index is -3.95. The second-order valence-electron chi connectivity index (χ2n) is 9.29. The van der Waals surface area contributed by atoms with Crippen LogP contribution in [0.15, 0.2) is 39.5 Å². The van der Waals surface area contributed by atoms with Gasteiger partial charge in [0.05, 0.1) is 40.5 Å².